The largest absolute Gasteiger partial charge is 0.417 e. The molecular weight excluding hydrogens is 393 g/mol. The molecule has 0 aliphatic heterocycles. The van der Waals surface area contributed by atoms with E-state index in [-0.39, 0.29) is 17.6 Å². The molecule has 0 unspecified atom stereocenters. The van der Waals surface area contributed by atoms with Crippen molar-refractivity contribution in [2.24, 2.45) is 0 Å². The molecule has 2 heterocycles. The first-order chi connectivity index (χ1) is 14.2. The Labute approximate surface area is 173 Å². The van der Waals surface area contributed by atoms with E-state index >= 15 is 0 Å². The van der Waals surface area contributed by atoms with Crippen LogP contribution in [0.3, 0.4) is 0 Å². The molecule has 5 nitrogen and oxygen atoms in total. The molecule has 3 rings (SSSR count). The van der Waals surface area contributed by atoms with Crippen molar-refractivity contribution < 1.29 is 18.0 Å². The van der Waals surface area contributed by atoms with Crippen LogP contribution in [-0.2, 0) is 12.6 Å². The third-order valence-electron chi connectivity index (χ3n) is 4.64. The van der Waals surface area contributed by atoms with Crippen molar-refractivity contribution in [2.75, 3.05) is 5.32 Å². The van der Waals surface area contributed by atoms with Crippen LogP contribution in [0.1, 0.15) is 60.3 Å². The first-order valence-corrected chi connectivity index (χ1v) is 9.72. The van der Waals surface area contributed by atoms with Gasteiger partial charge >= 0.3 is 6.18 Å². The summed E-state index contributed by atoms with van der Waals surface area (Å²) in [4.78, 5) is 16.7. The lowest BCUT2D eigenvalue weighted by molar-refractivity contribution is -0.137. The zero-order valence-electron chi connectivity index (χ0n) is 17.0. The van der Waals surface area contributed by atoms with Gasteiger partial charge in [-0.3, -0.25) is 4.79 Å². The number of hydrogen-bond acceptors (Lipinski definition) is 3. The van der Waals surface area contributed by atoms with Gasteiger partial charge in [0.15, 0.2) is 5.82 Å². The van der Waals surface area contributed by atoms with Gasteiger partial charge in [0, 0.05) is 11.9 Å². The van der Waals surface area contributed by atoms with E-state index in [9.17, 15) is 18.0 Å². The molecule has 0 aliphatic rings. The Morgan fingerprint density at radius 1 is 1.10 bits per heavy atom. The molecule has 0 saturated heterocycles. The van der Waals surface area contributed by atoms with Crippen LogP contribution in [0.5, 0.6) is 0 Å². The molecular formula is C22H23F3N4O. The molecule has 0 aliphatic carbocycles. The highest BCUT2D eigenvalue weighted by Gasteiger charge is 2.31. The predicted octanol–water partition coefficient (Wildman–Crippen LogP) is 5.61. The van der Waals surface area contributed by atoms with Gasteiger partial charge in [-0.25, -0.2) is 9.67 Å². The lowest BCUT2D eigenvalue weighted by Crippen LogP contribution is -2.16. The summed E-state index contributed by atoms with van der Waals surface area (Å²) in [6.45, 7) is 5.87. The van der Waals surface area contributed by atoms with Gasteiger partial charge in [-0.15, -0.1) is 0 Å². The first kappa shape index (κ1) is 21.5. The molecule has 1 amide bonds. The molecule has 0 saturated carbocycles. The molecule has 2 aromatic heterocycles. The van der Waals surface area contributed by atoms with E-state index in [2.05, 4.69) is 22.3 Å². The van der Waals surface area contributed by atoms with Gasteiger partial charge in [0.2, 0.25) is 0 Å². The van der Waals surface area contributed by atoms with E-state index in [0.717, 1.165) is 25.1 Å². The summed E-state index contributed by atoms with van der Waals surface area (Å²) in [5, 5.41) is 7.07. The Balaban J connectivity index is 1.87. The number of carbonyl (C=O) groups excluding carboxylic acids is 1. The highest BCUT2D eigenvalue weighted by Crippen LogP contribution is 2.29. The van der Waals surface area contributed by atoms with Crippen LogP contribution < -0.4 is 5.32 Å². The zero-order chi connectivity index (χ0) is 21.9. The number of anilines is 1. The number of rotatable bonds is 6. The molecule has 1 N–H and O–H groups in total. The van der Waals surface area contributed by atoms with E-state index in [0.29, 0.717) is 16.9 Å². The minimum atomic E-state index is -4.46. The quantitative estimate of drug-likeness (QED) is 0.568. The highest BCUT2D eigenvalue weighted by molar-refractivity contribution is 6.05. The molecule has 0 fully saturated rings. The summed E-state index contributed by atoms with van der Waals surface area (Å²) in [6, 6.07) is 9.83. The predicted molar refractivity (Wildman–Crippen MR) is 109 cm³/mol. The van der Waals surface area contributed by atoms with Crippen LogP contribution in [0.2, 0.25) is 0 Å². The van der Waals surface area contributed by atoms with Gasteiger partial charge in [0.1, 0.15) is 0 Å². The molecule has 0 radical (unpaired) electrons. The fraction of sp³-hybridized carbons (Fsp3) is 0.318. The second-order valence-corrected chi connectivity index (χ2v) is 7.31. The van der Waals surface area contributed by atoms with Gasteiger partial charge in [-0.1, -0.05) is 39.3 Å². The average Bonchev–Trinajstić information content (AvgIpc) is 3.15. The summed E-state index contributed by atoms with van der Waals surface area (Å²) in [5.41, 5.74) is 1.94. The topological polar surface area (TPSA) is 59.8 Å². The molecule has 30 heavy (non-hydrogen) atoms. The number of hydrogen-bond donors (Lipinski definition) is 1. The number of benzene rings is 1. The van der Waals surface area contributed by atoms with Crippen molar-refractivity contribution in [3.8, 4) is 5.82 Å². The maximum Gasteiger partial charge on any atom is 0.417 e. The molecule has 0 spiro atoms. The van der Waals surface area contributed by atoms with Gasteiger partial charge < -0.3 is 5.32 Å². The van der Waals surface area contributed by atoms with Crippen molar-refractivity contribution in [2.45, 2.75) is 45.7 Å². The second kappa shape index (κ2) is 8.69. The van der Waals surface area contributed by atoms with Crippen molar-refractivity contribution in [3.63, 3.8) is 0 Å². The summed E-state index contributed by atoms with van der Waals surface area (Å²) < 4.78 is 39.8. The van der Waals surface area contributed by atoms with Crippen LogP contribution in [-0.4, -0.2) is 20.7 Å². The van der Waals surface area contributed by atoms with E-state index in [1.54, 1.807) is 0 Å². The smallest absolute Gasteiger partial charge is 0.322 e. The van der Waals surface area contributed by atoms with Gasteiger partial charge in [-0.05, 0) is 42.2 Å². The summed E-state index contributed by atoms with van der Waals surface area (Å²) in [6.07, 6.45) is -0.276. The number of halogens is 3. The van der Waals surface area contributed by atoms with Gasteiger partial charge in [0.05, 0.1) is 23.0 Å². The number of nitrogens with one attached hydrogen (secondary N) is 1. The van der Waals surface area contributed by atoms with E-state index < -0.39 is 11.7 Å². The second-order valence-electron chi connectivity index (χ2n) is 7.31. The summed E-state index contributed by atoms with van der Waals surface area (Å²) in [5.74, 6) is -0.223. The fourth-order valence-corrected chi connectivity index (χ4v) is 3.19. The van der Waals surface area contributed by atoms with Crippen molar-refractivity contribution >= 4 is 11.6 Å². The Hall–Kier alpha value is -3.16. The van der Waals surface area contributed by atoms with Crippen molar-refractivity contribution in [1.82, 2.24) is 14.8 Å². The Bertz CT molecular complexity index is 1010. The summed E-state index contributed by atoms with van der Waals surface area (Å²) >= 11 is 0. The van der Waals surface area contributed by atoms with Crippen LogP contribution >= 0.6 is 0 Å². The van der Waals surface area contributed by atoms with E-state index in [1.165, 1.54) is 22.5 Å². The Kier molecular flexibility index (Phi) is 6.24. The number of pyridine rings is 1. The average molecular weight is 416 g/mol. The minimum absolute atomic E-state index is 0.107. The molecule has 158 valence electrons. The number of aromatic nitrogens is 3. The van der Waals surface area contributed by atoms with Crippen LogP contribution in [0, 0.1) is 0 Å². The molecule has 0 bridgehead atoms. The van der Waals surface area contributed by atoms with E-state index in [4.69, 9.17) is 0 Å². The third-order valence-corrected chi connectivity index (χ3v) is 4.64. The zero-order valence-corrected chi connectivity index (χ0v) is 17.0. The molecule has 3 aromatic rings. The number of nitrogens with zero attached hydrogens (tertiary/aromatic N) is 3. The monoisotopic (exact) mass is 416 g/mol. The van der Waals surface area contributed by atoms with Gasteiger partial charge in [0.25, 0.3) is 5.91 Å². The molecule has 0 atom stereocenters. The van der Waals surface area contributed by atoms with Crippen molar-refractivity contribution in [3.05, 3.63) is 71.2 Å². The lowest BCUT2D eigenvalue weighted by atomic mass is 10.0. The third kappa shape index (κ3) is 4.69. The molecule has 1 aromatic carbocycles. The number of carbonyl (C=O) groups is 1. The summed E-state index contributed by atoms with van der Waals surface area (Å²) in [7, 11) is 0. The number of alkyl halides is 3. The number of amides is 1. The maximum absolute atomic E-state index is 12.8. The Morgan fingerprint density at radius 2 is 1.80 bits per heavy atom. The minimum Gasteiger partial charge on any atom is -0.322 e. The standard InChI is InChI=1S/C22H23F3N4O/c1-4-5-15-6-9-17(10-7-15)28-21(30)18-13-27-29(20(18)14(2)3)19-11-8-16(12-26-19)22(23,24)25/h6-14H,4-5H2,1-3H3,(H,28,30). The normalized spacial score (nSPS) is 11.7. The fourth-order valence-electron chi connectivity index (χ4n) is 3.19. The van der Waals surface area contributed by atoms with Crippen LogP contribution in [0.4, 0.5) is 18.9 Å². The number of aryl methyl sites for hydroxylation is 1. The van der Waals surface area contributed by atoms with Gasteiger partial charge in [-0.2, -0.15) is 18.3 Å². The van der Waals surface area contributed by atoms with Crippen molar-refractivity contribution in [1.29, 1.82) is 0 Å². The Morgan fingerprint density at radius 3 is 2.33 bits per heavy atom. The highest BCUT2D eigenvalue weighted by atomic mass is 19.4. The van der Waals surface area contributed by atoms with Crippen LogP contribution in [0.25, 0.3) is 5.82 Å². The lowest BCUT2D eigenvalue weighted by Gasteiger charge is -2.13. The molecule has 8 heteroatoms. The van der Waals surface area contributed by atoms with Crippen LogP contribution in [0.15, 0.2) is 48.8 Å². The SMILES string of the molecule is CCCc1ccc(NC(=O)c2cnn(-c3ccc(C(F)(F)F)cn3)c2C(C)C)cc1. The first-order valence-electron chi connectivity index (χ1n) is 9.72. The maximum atomic E-state index is 12.8. The van der Waals surface area contributed by atoms with E-state index in [1.807, 2.05) is 38.1 Å².